The summed E-state index contributed by atoms with van der Waals surface area (Å²) < 4.78 is 1.25. The van der Waals surface area contributed by atoms with E-state index < -0.39 is 0 Å². The second-order valence-corrected chi connectivity index (χ2v) is 4.44. The van der Waals surface area contributed by atoms with Gasteiger partial charge in [-0.2, -0.15) is 5.10 Å². The first-order valence-corrected chi connectivity index (χ1v) is 6.22. The third kappa shape index (κ3) is 4.16. The fourth-order valence-electron chi connectivity index (χ4n) is 1.46. The predicted molar refractivity (Wildman–Crippen MR) is 73.1 cm³/mol. The zero-order chi connectivity index (χ0) is 13.5. The summed E-state index contributed by atoms with van der Waals surface area (Å²) in [5.41, 5.74) is 0.185. The molecule has 0 saturated heterocycles. The minimum atomic E-state index is -0.336. The molecule has 100 valence electrons. The molecule has 0 aliphatic carbocycles. The lowest BCUT2D eigenvalue weighted by atomic mass is 10.2. The van der Waals surface area contributed by atoms with Gasteiger partial charge in [-0.05, 0) is 19.8 Å². The maximum absolute atomic E-state index is 11.8. The number of aliphatic hydroxyl groups is 1. The van der Waals surface area contributed by atoms with Crippen LogP contribution in [0.2, 0.25) is 5.02 Å². The van der Waals surface area contributed by atoms with Crippen molar-refractivity contribution in [3.05, 3.63) is 34.2 Å². The first-order chi connectivity index (χ1) is 8.56. The molecule has 2 N–H and O–H groups in total. The molecule has 5 nitrogen and oxygen atoms in total. The monoisotopic (exact) mass is 271 g/mol. The minimum Gasteiger partial charge on any atom is -0.393 e. The van der Waals surface area contributed by atoms with Crippen molar-refractivity contribution in [2.75, 3.05) is 11.9 Å². The van der Waals surface area contributed by atoms with Gasteiger partial charge in [0.05, 0.1) is 24.5 Å². The number of allylic oxidation sites excluding steroid dienone is 1. The number of rotatable bonds is 7. The second kappa shape index (κ2) is 7.18. The molecule has 0 spiro atoms. The number of aromatic nitrogens is 2. The average molecular weight is 272 g/mol. The van der Waals surface area contributed by atoms with Crippen molar-refractivity contribution < 1.29 is 5.11 Å². The molecule has 0 bridgehead atoms. The van der Waals surface area contributed by atoms with Crippen LogP contribution in [0, 0.1) is 0 Å². The number of nitrogens with zero attached hydrogens (tertiary/aromatic N) is 2. The smallest absolute Gasteiger partial charge is 0.287 e. The zero-order valence-corrected chi connectivity index (χ0v) is 11.2. The summed E-state index contributed by atoms with van der Waals surface area (Å²) in [7, 11) is 0. The average Bonchev–Trinajstić information content (AvgIpc) is 2.33. The Morgan fingerprint density at radius 1 is 1.72 bits per heavy atom. The van der Waals surface area contributed by atoms with Gasteiger partial charge in [0.1, 0.15) is 5.02 Å². The summed E-state index contributed by atoms with van der Waals surface area (Å²) in [5, 5.41) is 16.3. The van der Waals surface area contributed by atoms with Crippen molar-refractivity contribution >= 4 is 17.3 Å². The molecule has 1 aromatic heterocycles. The highest BCUT2D eigenvalue weighted by molar-refractivity contribution is 6.32. The first-order valence-electron chi connectivity index (χ1n) is 5.84. The maximum atomic E-state index is 11.8. The zero-order valence-electron chi connectivity index (χ0n) is 10.4. The van der Waals surface area contributed by atoms with Crippen LogP contribution in [-0.4, -0.2) is 27.5 Å². The van der Waals surface area contributed by atoms with Gasteiger partial charge in [0.2, 0.25) is 0 Å². The van der Waals surface area contributed by atoms with Gasteiger partial charge < -0.3 is 10.4 Å². The molecule has 1 unspecified atom stereocenters. The Morgan fingerprint density at radius 3 is 3.06 bits per heavy atom. The number of anilines is 1. The van der Waals surface area contributed by atoms with Crippen LogP contribution < -0.4 is 10.9 Å². The predicted octanol–water partition coefficient (Wildman–Crippen LogP) is 1.66. The number of hydrogen-bond donors (Lipinski definition) is 2. The Morgan fingerprint density at radius 2 is 2.44 bits per heavy atom. The van der Waals surface area contributed by atoms with E-state index in [1.165, 1.54) is 10.9 Å². The molecule has 1 heterocycles. The van der Waals surface area contributed by atoms with Gasteiger partial charge in [-0.3, -0.25) is 4.79 Å². The fourth-order valence-corrected chi connectivity index (χ4v) is 1.67. The number of aliphatic hydroxyl groups excluding tert-OH is 1. The van der Waals surface area contributed by atoms with Gasteiger partial charge in [0.25, 0.3) is 5.56 Å². The quantitative estimate of drug-likeness (QED) is 0.585. The van der Waals surface area contributed by atoms with E-state index >= 15 is 0 Å². The molecular formula is C12H18ClN3O2. The maximum Gasteiger partial charge on any atom is 0.287 e. The lowest BCUT2D eigenvalue weighted by molar-refractivity contribution is 0.183. The Kier molecular flexibility index (Phi) is 5.88. The van der Waals surface area contributed by atoms with E-state index in [0.29, 0.717) is 25.2 Å². The lowest BCUT2D eigenvalue weighted by Crippen LogP contribution is -2.23. The summed E-state index contributed by atoms with van der Waals surface area (Å²) in [6.07, 6.45) is 4.28. The fraction of sp³-hybridized carbons (Fsp3) is 0.500. The van der Waals surface area contributed by atoms with E-state index in [-0.39, 0.29) is 16.7 Å². The van der Waals surface area contributed by atoms with Crippen LogP contribution in [0.4, 0.5) is 5.69 Å². The molecule has 6 heteroatoms. The molecule has 1 atom stereocenters. The topological polar surface area (TPSA) is 67.2 Å². The number of halogens is 1. The first kappa shape index (κ1) is 14.7. The molecule has 1 aromatic rings. The summed E-state index contributed by atoms with van der Waals surface area (Å²) >= 11 is 5.96. The molecule has 1 rings (SSSR count). The van der Waals surface area contributed by atoms with Crippen LogP contribution >= 0.6 is 11.6 Å². The standard InChI is InChI=1S/C12H18ClN3O2/c1-3-7-16-12(18)11(13)10(8-15-16)14-6-4-5-9(2)17/h3,8-9,14,17H,1,4-7H2,2H3. The Labute approximate surface area is 111 Å². The molecule has 0 amide bonds. The van der Waals surface area contributed by atoms with Gasteiger partial charge in [0, 0.05) is 6.54 Å². The largest absolute Gasteiger partial charge is 0.393 e. The second-order valence-electron chi connectivity index (χ2n) is 4.07. The van der Waals surface area contributed by atoms with E-state index in [1.807, 2.05) is 0 Å². The van der Waals surface area contributed by atoms with E-state index in [0.717, 1.165) is 6.42 Å². The number of hydrogen-bond acceptors (Lipinski definition) is 4. The molecule has 0 aromatic carbocycles. The molecule has 18 heavy (non-hydrogen) atoms. The van der Waals surface area contributed by atoms with Gasteiger partial charge in [-0.1, -0.05) is 17.7 Å². The molecule has 0 aliphatic rings. The van der Waals surface area contributed by atoms with Crippen molar-refractivity contribution in [2.24, 2.45) is 0 Å². The molecule has 0 aliphatic heterocycles. The van der Waals surface area contributed by atoms with Crippen LogP contribution in [0.25, 0.3) is 0 Å². The van der Waals surface area contributed by atoms with Crippen LogP contribution in [0.5, 0.6) is 0 Å². The summed E-state index contributed by atoms with van der Waals surface area (Å²) in [6, 6.07) is 0. The Balaban J connectivity index is 2.65. The normalized spacial score (nSPS) is 12.2. The SMILES string of the molecule is C=CCn1ncc(NCCCC(C)O)c(Cl)c1=O. The Hall–Kier alpha value is -1.33. The van der Waals surface area contributed by atoms with E-state index in [2.05, 4.69) is 17.0 Å². The van der Waals surface area contributed by atoms with Crippen LogP contribution in [-0.2, 0) is 6.54 Å². The van der Waals surface area contributed by atoms with Crippen molar-refractivity contribution in [1.82, 2.24) is 9.78 Å². The summed E-state index contributed by atoms with van der Waals surface area (Å²) in [4.78, 5) is 11.8. The Bertz CT molecular complexity index is 457. The van der Waals surface area contributed by atoms with Crippen LogP contribution in [0.15, 0.2) is 23.6 Å². The van der Waals surface area contributed by atoms with Gasteiger partial charge in [-0.15, -0.1) is 6.58 Å². The van der Waals surface area contributed by atoms with Crippen molar-refractivity contribution in [3.8, 4) is 0 Å². The van der Waals surface area contributed by atoms with Crippen molar-refractivity contribution in [2.45, 2.75) is 32.4 Å². The molecule has 0 fully saturated rings. The summed E-state index contributed by atoms with van der Waals surface area (Å²) in [6.45, 7) is 6.26. The summed E-state index contributed by atoms with van der Waals surface area (Å²) in [5.74, 6) is 0. The van der Waals surface area contributed by atoms with Crippen molar-refractivity contribution in [1.29, 1.82) is 0 Å². The highest BCUT2D eigenvalue weighted by Crippen LogP contribution is 2.15. The molecule has 0 radical (unpaired) electrons. The van der Waals surface area contributed by atoms with E-state index in [1.54, 1.807) is 13.0 Å². The van der Waals surface area contributed by atoms with Gasteiger partial charge in [0.15, 0.2) is 0 Å². The number of nitrogens with one attached hydrogen (secondary N) is 1. The highest BCUT2D eigenvalue weighted by Gasteiger charge is 2.07. The third-order valence-electron chi connectivity index (χ3n) is 2.40. The van der Waals surface area contributed by atoms with E-state index in [9.17, 15) is 4.79 Å². The van der Waals surface area contributed by atoms with Crippen LogP contribution in [0.1, 0.15) is 19.8 Å². The van der Waals surface area contributed by atoms with Gasteiger partial charge in [-0.25, -0.2) is 4.68 Å². The third-order valence-corrected chi connectivity index (χ3v) is 2.77. The van der Waals surface area contributed by atoms with E-state index in [4.69, 9.17) is 16.7 Å². The minimum absolute atomic E-state index is 0.129. The highest BCUT2D eigenvalue weighted by atomic mass is 35.5. The van der Waals surface area contributed by atoms with Crippen LogP contribution in [0.3, 0.4) is 0 Å². The van der Waals surface area contributed by atoms with Gasteiger partial charge >= 0.3 is 0 Å². The molecular weight excluding hydrogens is 254 g/mol. The van der Waals surface area contributed by atoms with Crippen molar-refractivity contribution in [3.63, 3.8) is 0 Å². The lowest BCUT2D eigenvalue weighted by Gasteiger charge is -2.09. The molecule has 0 saturated carbocycles.